The maximum Gasteiger partial charge on any atom is 0.328 e. The first-order valence-corrected chi connectivity index (χ1v) is 6.08. The number of rotatable bonds is 5. The highest BCUT2D eigenvalue weighted by molar-refractivity contribution is 5.85. The average Bonchev–Trinajstić information content (AvgIpc) is 2.77. The molecule has 1 aliphatic rings. The van der Waals surface area contributed by atoms with E-state index < -0.39 is 0 Å². The van der Waals surface area contributed by atoms with Gasteiger partial charge < -0.3 is 9.64 Å². The molecule has 0 saturated carbocycles. The first kappa shape index (κ1) is 13.0. The number of nitrogens with zero attached hydrogens (tertiary/aromatic N) is 1. The zero-order valence-electron chi connectivity index (χ0n) is 10.2. The van der Waals surface area contributed by atoms with E-state index in [-0.39, 0.29) is 17.9 Å². The standard InChI is InChI=1S/C12H21NO3/c1-3-4-5-8-11(14)13-9-6-7-10(13)12(15)16-2/h10H,3-9H2,1-2H3. The Hall–Kier alpha value is -1.06. The number of esters is 1. The van der Waals surface area contributed by atoms with Crippen molar-refractivity contribution in [3.63, 3.8) is 0 Å². The van der Waals surface area contributed by atoms with Gasteiger partial charge in [-0.15, -0.1) is 0 Å². The van der Waals surface area contributed by atoms with Crippen molar-refractivity contribution in [2.75, 3.05) is 13.7 Å². The van der Waals surface area contributed by atoms with Crippen LogP contribution in [0.4, 0.5) is 0 Å². The highest BCUT2D eigenvalue weighted by Gasteiger charge is 2.34. The Kier molecular flexibility index (Phi) is 5.29. The molecule has 4 heteroatoms. The summed E-state index contributed by atoms with van der Waals surface area (Å²) in [5, 5.41) is 0. The molecule has 92 valence electrons. The Bertz CT molecular complexity index is 253. The Morgan fingerprint density at radius 3 is 2.75 bits per heavy atom. The number of hydrogen-bond acceptors (Lipinski definition) is 3. The molecule has 16 heavy (non-hydrogen) atoms. The highest BCUT2D eigenvalue weighted by atomic mass is 16.5. The van der Waals surface area contributed by atoms with Crippen LogP contribution >= 0.6 is 0 Å². The van der Waals surface area contributed by atoms with E-state index in [2.05, 4.69) is 6.92 Å². The van der Waals surface area contributed by atoms with Gasteiger partial charge in [-0.25, -0.2) is 4.79 Å². The molecule has 4 nitrogen and oxygen atoms in total. The second-order valence-corrected chi connectivity index (χ2v) is 4.23. The van der Waals surface area contributed by atoms with Crippen molar-refractivity contribution in [1.82, 2.24) is 4.90 Å². The van der Waals surface area contributed by atoms with Crippen molar-refractivity contribution < 1.29 is 14.3 Å². The van der Waals surface area contributed by atoms with Crippen LogP contribution in [0.2, 0.25) is 0 Å². The minimum atomic E-state index is -0.334. The molecule has 0 aromatic carbocycles. The van der Waals surface area contributed by atoms with Gasteiger partial charge in [0.25, 0.3) is 0 Å². The Morgan fingerprint density at radius 1 is 1.38 bits per heavy atom. The molecule has 1 heterocycles. The molecule has 1 saturated heterocycles. The SMILES string of the molecule is CCCCCC(=O)N1CCCC1C(=O)OC. The molecule has 0 N–H and O–H groups in total. The van der Waals surface area contributed by atoms with Crippen LogP contribution in [0.3, 0.4) is 0 Å². The van der Waals surface area contributed by atoms with Gasteiger partial charge in [-0.2, -0.15) is 0 Å². The summed E-state index contributed by atoms with van der Waals surface area (Å²) in [5.41, 5.74) is 0. The van der Waals surface area contributed by atoms with Gasteiger partial charge in [0.1, 0.15) is 6.04 Å². The molecule has 0 bridgehead atoms. The van der Waals surface area contributed by atoms with Crippen LogP contribution < -0.4 is 0 Å². The molecule has 1 amide bonds. The van der Waals surface area contributed by atoms with Gasteiger partial charge in [-0.1, -0.05) is 19.8 Å². The van der Waals surface area contributed by atoms with Crippen molar-refractivity contribution in [3.8, 4) is 0 Å². The number of carbonyl (C=O) groups is 2. The normalized spacial score (nSPS) is 19.9. The molecule has 1 unspecified atom stereocenters. The van der Waals surface area contributed by atoms with Crippen LogP contribution in [-0.4, -0.2) is 36.5 Å². The predicted molar refractivity (Wildman–Crippen MR) is 60.9 cm³/mol. The number of unbranched alkanes of at least 4 members (excludes halogenated alkanes) is 2. The molecule has 0 radical (unpaired) electrons. The molecule has 0 aliphatic carbocycles. The summed E-state index contributed by atoms with van der Waals surface area (Å²) >= 11 is 0. The van der Waals surface area contributed by atoms with Gasteiger partial charge in [-0.05, 0) is 19.3 Å². The van der Waals surface area contributed by atoms with Gasteiger partial charge in [0.15, 0.2) is 0 Å². The molecule has 1 fully saturated rings. The zero-order valence-corrected chi connectivity index (χ0v) is 10.2. The van der Waals surface area contributed by atoms with E-state index in [1.54, 1.807) is 4.90 Å². The maximum absolute atomic E-state index is 11.9. The fourth-order valence-electron chi connectivity index (χ4n) is 2.12. The van der Waals surface area contributed by atoms with Crippen molar-refractivity contribution in [3.05, 3.63) is 0 Å². The second kappa shape index (κ2) is 6.51. The molecule has 1 aliphatic heterocycles. The average molecular weight is 227 g/mol. The first-order chi connectivity index (χ1) is 7.70. The lowest BCUT2D eigenvalue weighted by Gasteiger charge is -2.22. The maximum atomic E-state index is 11.9. The lowest BCUT2D eigenvalue weighted by Crippen LogP contribution is -2.40. The molecular formula is C12H21NO3. The second-order valence-electron chi connectivity index (χ2n) is 4.23. The number of ether oxygens (including phenoxy) is 1. The Morgan fingerprint density at radius 2 is 2.12 bits per heavy atom. The van der Waals surface area contributed by atoms with Gasteiger partial charge in [0.2, 0.25) is 5.91 Å². The minimum absolute atomic E-state index is 0.0985. The summed E-state index contributed by atoms with van der Waals surface area (Å²) in [5.74, 6) is -0.178. The van der Waals surface area contributed by atoms with E-state index in [1.807, 2.05) is 0 Å². The lowest BCUT2D eigenvalue weighted by atomic mass is 10.1. The van der Waals surface area contributed by atoms with Crippen molar-refractivity contribution >= 4 is 11.9 Å². The van der Waals surface area contributed by atoms with E-state index in [4.69, 9.17) is 4.74 Å². The van der Waals surface area contributed by atoms with Crippen LogP contribution in [0.5, 0.6) is 0 Å². The van der Waals surface area contributed by atoms with E-state index in [1.165, 1.54) is 7.11 Å². The third-order valence-corrected chi connectivity index (χ3v) is 3.04. The van der Waals surface area contributed by atoms with E-state index in [9.17, 15) is 9.59 Å². The van der Waals surface area contributed by atoms with E-state index in [0.29, 0.717) is 13.0 Å². The van der Waals surface area contributed by atoms with Crippen LogP contribution in [-0.2, 0) is 14.3 Å². The third kappa shape index (κ3) is 3.22. The number of amides is 1. The molecule has 0 aromatic rings. The van der Waals surface area contributed by atoms with Crippen LogP contribution in [0, 0.1) is 0 Å². The summed E-state index contributed by atoms with van der Waals surface area (Å²) < 4.78 is 4.71. The molecule has 0 spiro atoms. The van der Waals surface area contributed by atoms with Gasteiger partial charge in [0.05, 0.1) is 7.11 Å². The largest absolute Gasteiger partial charge is 0.467 e. The van der Waals surface area contributed by atoms with E-state index >= 15 is 0 Å². The number of hydrogen-bond donors (Lipinski definition) is 0. The summed E-state index contributed by atoms with van der Waals surface area (Å²) in [6.07, 6.45) is 5.29. The molecule has 1 atom stereocenters. The lowest BCUT2D eigenvalue weighted by molar-refractivity contribution is -0.151. The number of carbonyl (C=O) groups excluding carboxylic acids is 2. The topological polar surface area (TPSA) is 46.6 Å². The number of methoxy groups -OCH3 is 1. The summed E-state index contributed by atoms with van der Waals surface area (Å²) in [4.78, 5) is 25.0. The fraction of sp³-hybridized carbons (Fsp3) is 0.833. The Balaban J connectivity index is 2.44. The molecule has 0 aromatic heterocycles. The summed E-state index contributed by atoms with van der Waals surface area (Å²) in [6.45, 7) is 2.81. The van der Waals surface area contributed by atoms with Gasteiger partial charge in [0, 0.05) is 13.0 Å². The summed E-state index contributed by atoms with van der Waals surface area (Å²) in [7, 11) is 1.38. The highest BCUT2D eigenvalue weighted by Crippen LogP contribution is 2.20. The summed E-state index contributed by atoms with van der Waals surface area (Å²) in [6, 6.07) is -0.334. The fourth-order valence-corrected chi connectivity index (χ4v) is 2.12. The van der Waals surface area contributed by atoms with Crippen molar-refractivity contribution in [2.24, 2.45) is 0 Å². The van der Waals surface area contributed by atoms with Gasteiger partial charge in [-0.3, -0.25) is 4.79 Å². The molecule has 1 rings (SSSR count). The van der Waals surface area contributed by atoms with Crippen LogP contribution in [0.25, 0.3) is 0 Å². The zero-order chi connectivity index (χ0) is 12.0. The van der Waals surface area contributed by atoms with Crippen molar-refractivity contribution in [2.45, 2.75) is 51.5 Å². The quantitative estimate of drug-likeness (QED) is 0.531. The number of likely N-dealkylation sites (tertiary alicyclic amines) is 1. The van der Waals surface area contributed by atoms with Crippen molar-refractivity contribution in [1.29, 1.82) is 0 Å². The van der Waals surface area contributed by atoms with Gasteiger partial charge >= 0.3 is 5.97 Å². The smallest absolute Gasteiger partial charge is 0.328 e. The monoisotopic (exact) mass is 227 g/mol. The predicted octanol–water partition coefficient (Wildman–Crippen LogP) is 1.73. The van der Waals surface area contributed by atoms with Crippen LogP contribution in [0.1, 0.15) is 45.4 Å². The van der Waals surface area contributed by atoms with Crippen LogP contribution in [0.15, 0.2) is 0 Å². The van der Waals surface area contributed by atoms with E-state index in [0.717, 1.165) is 32.1 Å². The minimum Gasteiger partial charge on any atom is -0.467 e. The molecular weight excluding hydrogens is 206 g/mol. The first-order valence-electron chi connectivity index (χ1n) is 6.08. The Labute approximate surface area is 96.9 Å². The third-order valence-electron chi connectivity index (χ3n) is 3.04.